The Bertz CT molecular complexity index is 209. The summed E-state index contributed by atoms with van der Waals surface area (Å²) in [5.74, 6) is 0.931. The van der Waals surface area contributed by atoms with Crippen molar-refractivity contribution in [2.45, 2.75) is 52.5 Å². The Labute approximate surface area is 108 Å². The van der Waals surface area contributed by atoms with Crippen LogP contribution >= 0.6 is 0 Å². The zero-order chi connectivity index (χ0) is 13.1. The molecule has 1 fully saturated rings. The van der Waals surface area contributed by atoms with Gasteiger partial charge in [0, 0.05) is 19.1 Å². The Hall–Kier alpha value is -0.0800. The minimum absolute atomic E-state index is 0.507. The first-order valence-corrected chi connectivity index (χ1v) is 7.15. The number of nitrogens with zero attached hydrogens (tertiary/aromatic N) is 2. The molecule has 1 aliphatic rings. The van der Waals surface area contributed by atoms with Crippen LogP contribution in [0.25, 0.3) is 0 Å². The van der Waals surface area contributed by atoms with Gasteiger partial charge in [0.05, 0.1) is 0 Å². The number of likely N-dealkylation sites (N-methyl/N-ethyl adjacent to an activating group) is 2. The second-order valence-corrected chi connectivity index (χ2v) is 7.16. The van der Waals surface area contributed by atoms with Crippen molar-refractivity contribution in [2.24, 2.45) is 11.3 Å². The highest BCUT2D eigenvalue weighted by Gasteiger charge is 2.30. The van der Waals surface area contributed by atoms with Gasteiger partial charge in [-0.25, -0.2) is 0 Å². The molecular weight excluding hydrogens is 208 g/mol. The van der Waals surface area contributed by atoms with Crippen LogP contribution in [0.4, 0.5) is 0 Å². The minimum atomic E-state index is 0.507. The number of hydrogen-bond donors (Lipinski definition) is 0. The maximum Gasteiger partial charge on any atom is 0.0109 e. The summed E-state index contributed by atoms with van der Waals surface area (Å²) in [6.07, 6.45) is 5.62. The summed E-state index contributed by atoms with van der Waals surface area (Å²) in [5, 5.41) is 0. The Morgan fingerprint density at radius 3 is 1.82 bits per heavy atom. The van der Waals surface area contributed by atoms with E-state index in [0.717, 1.165) is 12.0 Å². The molecule has 2 heteroatoms. The van der Waals surface area contributed by atoms with Crippen LogP contribution in [0, 0.1) is 11.3 Å². The molecule has 1 aliphatic carbocycles. The fourth-order valence-electron chi connectivity index (χ4n) is 2.92. The van der Waals surface area contributed by atoms with Gasteiger partial charge in [-0.15, -0.1) is 0 Å². The molecule has 17 heavy (non-hydrogen) atoms. The summed E-state index contributed by atoms with van der Waals surface area (Å²) in [6.45, 7) is 9.57. The lowest BCUT2D eigenvalue weighted by atomic mass is 9.71. The average molecular weight is 240 g/mol. The molecule has 102 valence electrons. The first kappa shape index (κ1) is 15.0. The SMILES string of the molecule is CN(C)CCN(C)C1CCC(C(C)(C)C)CC1. The maximum atomic E-state index is 2.57. The first-order chi connectivity index (χ1) is 7.80. The van der Waals surface area contributed by atoms with Crippen LogP contribution in [-0.4, -0.2) is 50.1 Å². The van der Waals surface area contributed by atoms with E-state index in [4.69, 9.17) is 0 Å². The van der Waals surface area contributed by atoms with E-state index in [0.29, 0.717) is 5.41 Å². The van der Waals surface area contributed by atoms with Crippen molar-refractivity contribution in [3.05, 3.63) is 0 Å². The molecule has 0 amide bonds. The van der Waals surface area contributed by atoms with Crippen molar-refractivity contribution in [2.75, 3.05) is 34.2 Å². The highest BCUT2D eigenvalue weighted by molar-refractivity contribution is 4.83. The lowest BCUT2D eigenvalue weighted by Crippen LogP contribution is -2.40. The smallest absolute Gasteiger partial charge is 0.0109 e. The van der Waals surface area contributed by atoms with Gasteiger partial charge >= 0.3 is 0 Å². The summed E-state index contributed by atoms with van der Waals surface area (Å²) in [5.41, 5.74) is 0.507. The van der Waals surface area contributed by atoms with E-state index in [1.165, 1.54) is 38.8 Å². The van der Waals surface area contributed by atoms with Gasteiger partial charge in [0.15, 0.2) is 0 Å². The number of rotatable bonds is 4. The maximum absolute atomic E-state index is 2.57. The molecule has 0 aromatic carbocycles. The molecule has 0 heterocycles. The van der Waals surface area contributed by atoms with Crippen LogP contribution in [0.5, 0.6) is 0 Å². The van der Waals surface area contributed by atoms with Gasteiger partial charge in [-0.1, -0.05) is 20.8 Å². The fraction of sp³-hybridized carbons (Fsp3) is 1.00. The minimum Gasteiger partial charge on any atom is -0.308 e. The van der Waals surface area contributed by atoms with Crippen LogP contribution < -0.4 is 0 Å². The van der Waals surface area contributed by atoms with Crippen molar-refractivity contribution >= 4 is 0 Å². The third-order valence-electron chi connectivity index (χ3n) is 4.44. The predicted molar refractivity (Wildman–Crippen MR) is 76.4 cm³/mol. The van der Waals surface area contributed by atoms with Gasteiger partial charge in [-0.05, 0) is 58.2 Å². The zero-order valence-electron chi connectivity index (χ0n) is 12.8. The standard InChI is InChI=1S/C15H32N2/c1-15(2,3)13-7-9-14(10-8-13)17(6)12-11-16(4)5/h13-14H,7-12H2,1-6H3. The molecule has 0 radical (unpaired) electrons. The molecule has 0 spiro atoms. The van der Waals surface area contributed by atoms with E-state index < -0.39 is 0 Å². The van der Waals surface area contributed by atoms with E-state index in [9.17, 15) is 0 Å². The molecule has 1 rings (SSSR count). The number of hydrogen-bond acceptors (Lipinski definition) is 2. The average Bonchev–Trinajstić information content (AvgIpc) is 2.25. The largest absolute Gasteiger partial charge is 0.308 e. The first-order valence-electron chi connectivity index (χ1n) is 7.15. The van der Waals surface area contributed by atoms with Crippen molar-refractivity contribution in [3.8, 4) is 0 Å². The highest BCUT2D eigenvalue weighted by Crippen LogP contribution is 2.38. The summed E-state index contributed by atoms with van der Waals surface area (Å²) in [4.78, 5) is 4.84. The van der Waals surface area contributed by atoms with Crippen LogP contribution in [0.15, 0.2) is 0 Å². The van der Waals surface area contributed by atoms with E-state index in [2.05, 4.69) is 51.7 Å². The third kappa shape index (κ3) is 4.97. The lowest BCUT2D eigenvalue weighted by molar-refractivity contribution is 0.107. The second kappa shape index (κ2) is 6.19. The molecular formula is C15H32N2. The topological polar surface area (TPSA) is 6.48 Å². The van der Waals surface area contributed by atoms with Gasteiger partial charge in [0.25, 0.3) is 0 Å². The molecule has 0 aromatic heterocycles. The van der Waals surface area contributed by atoms with Crippen LogP contribution in [0.1, 0.15) is 46.5 Å². The summed E-state index contributed by atoms with van der Waals surface area (Å²) < 4.78 is 0. The molecule has 0 bridgehead atoms. The summed E-state index contributed by atoms with van der Waals surface area (Å²) in [6, 6.07) is 0.827. The Kier molecular flexibility index (Phi) is 5.46. The van der Waals surface area contributed by atoms with Crippen LogP contribution in [-0.2, 0) is 0 Å². The van der Waals surface area contributed by atoms with E-state index >= 15 is 0 Å². The molecule has 0 N–H and O–H groups in total. The Balaban J connectivity index is 2.31. The van der Waals surface area contributed by atoms with Crippen LogP contribution in [0.2, 0.25) is 0 Å². The molecule has 2 nitrogen and oxygen atoms in total. The Morgan fingerprint density at radius 2 is 1.41 bits per heavy atom. The molecule has 1 saturated carbocycles. The van der Waals surface area contributed by atoms with Gasteiger partial charge in [0.2, 0.25) is 0 Å². The zero-order valence-corrected chi connectivity index (χ0v) is 12.8. The third-order valence-corrected chi connectivity index (χ3v) is 4.44. The normalized spacial score (nSPS) is 26.8. The van der Waals surface area contributed by atoms with Crippen LogP contribution in [0.3, 0.4) is 0 Å². The highest BCUT2D eigenvalue weighted by atomic mass is 15.2. The summed E-state index contributed by atoms with van der Waals surface area (Å²) in [7, 11) is 6.61. The lowest BCUT2D eigenvalue weighted by Gasteiger charge is -2.40. The predicted octanol–water partition coefficient (Wildman–Crippen LogP) is 3.08. The van der Waals surface area contributed by atoms with E-state index in [1.807, 2.05) is 0 Å². The molecule has 0 aliphatic heterocycles. The monoisotopic (exact) mass is 240 g/mol. The second-order valence-electron chi connectivity index (χ2n) is 7.16. The molecule has 0 atom stereocenters. The summed E-state index contributed by atoms with van der Waals surface area (Å²) >= 11 is 0. The van der Waals surface area contributed by atoms with E-state index in [1.54, 1.807) is 0 Å². The fourth-order valence-corrected chi connectivity index (χ4v) is 2.92. The molecule has 0 unspecified atom stereocenters. The van der Waals surface area contributed by atoms with E-state index in [-0.39, 0.29) is 0 Å². The molecule has 0 saturated heterocycles. The quantitative estimate of drug-likeness (QED) is 0.745. The van der Waals surface area contributed by atoms with Gasteiger partial charge in [-0.2, -0.15) is 0 Å². The van der Waals surface area contributed by atoms with Crippen molar-refractivity contribution in [1.82, 2.24) is 9.80 Å². The van der Waals surface area contributed by atoms with Gasteiger partial charge < -0.3 is 9.80 Å². The van der Waals surface area contributed by atoms with Gasteiger partial charge in [0.1, 0.15) is 0 Å². The van der Waals surface area contributed by atoms with Crippen molar-refractivity contribution in [3.63, 3.8) is 0 Å². The van der Waals surface area contributed by atoms with Gasteiger partial charge in [-0.3, -0.25) is 0 Å². The van der Waals surface area contributed by atoms with Crippen molar-refractivity contribution in [1.29, 1.82) is 0 Å². The Morgan fingerprint density at radius 1 is 0.882 bits per heavy atom. The van der Waals surface area contributed by atoms with Crippen molar-refractivity contribution < 1.29 is 0 Å². The molecule has 0 aromatic rings.